The van der Waals surface area contributed by atoms with Crippen LogP contribution in [0.3, 0.4) is 0 Å². The zero-order chi connectivity index (χ0) is 59.9. The minimum atomic E-state index is -0.818. The first-order valence-corrected chi connectivity index (χ1v) is 33.3. The fourth-order valence-corrected chi connectivity index (χ4v) is 8.52. The van der Waals surface area contributed by atoms with Gasteiger partial charge in [-0.05, 0) is 154 Å². The summed E-state index contributed by atoms with van der Waals surface area (Å²) in [6.07, 6.45) is 103. The van der Waals surface area contributed by atoms with Crippen molar-refractivity contribution in [2.75, 3.05) is 13.2 Å². The van der Waals surface area contributed by atoms with Gasteiger partial charge in [0.2, 0.25) is 0 Å². The molecule has 0 saturated heterocycles. The Balaban J connectivity index is 4.52. The predicted octanol–water partition coefficient (Wildman–Crippen LogP) is 23.2. The Bertz CT molecular complexity index is 1940. The molecule has 0 radical (unpaired) electrons. The lowest BCUT2D eigenvalue weighted by molar-refractivity contribution is -0.167. The largest absolute Gasteiger partial charge is 0.462 e. The molecule has 464 valence electrons. The molecule has 0 N–H and O–H groups in total. The summed E-state index contributed by atoms with van der Waals surface area (Å²) in [5, 5.41) is 0. The molecule has 83 heavy (non-hydrogen) atoms. The highest BCUT2D eigenvalue weighted by Crippen LogP contribution is 2.14. The van der Waals surface area contributed by atoms with E-state index in [4.69, 9.17) is 14.2 Å². The Morgan fingerprint density at radius 3 is 0.699 bits per heavy atom. The van der Waals surface area contributed by atoms with Crippen LogP contribution in [0.25, 0.3) is 0 Å². The molecule has 1 unspecified atom stereocenters. The highest BCUT2D eigenvalue weighted by atomic mass is 16.6. The van der Waals surface area contributed by atoms with Crippen LogP contribution in [0.1, 0.15) is 265 Å². The van der Waals surface area contributed by atoms with E-state index in [-0.39, 0.29) is 37.5 Å². The number of rotatable bonds is 58. The minimum Gasteiger partial charge on any atom is -0.462 e. The van der Waals surface area contributed by atoms with Crippen molar-refractivity contribution in [2.24, 2.45) is 0 Å². The third-order valence-electron chi connectivity index (χ3n) is 13.4. The molecule has 1 atom stereocenters. The molecule has 0 amide bonds. The lowest BCUT2D eigenvalue weighted by Crippen LogP contribution is -2.30. The summed E-state index contributed by atoms with van der Waals surface area (Å²) in [7, 11) is 0. The highest BCUT2D eigenvalue weighted by Gasteiger charge is 2.19. The van der Waals surface area contributed by atoms with Crippen molar-refractivity contribution < 1.29 is 28.6 Å². The van der Waals surface area contributed by atoms with E-state index in [1.165, 1.54) is 57.8 Å². The summed E-state index contributed by atoms with van der Waals surface area (Å²) in [6.45, 7) is 6.25. The third-order valence-corrected chi connectivity index (χ3v) is 13.4. The number of carbonyl (C=O) groups is 3. The van der Waals surface area contributed by atoms with E-state index in [9.17, 15) is 14.4 Å². The standard InChI is InChI=1S/C77H120O6/c1-4-7-10-13-16-19-22-25-28-31-33-35-36-37-38-39-40-42-43-46-49-52-55-58-61-64-67-70-76(79)82-73-74(72-81-75(78)69-66-63-60-57-54-51-48-45-30-27-24-21-18-15-12-9-6-3)83-77(80)71-68-65-62-59-56-53-50-47-44-41-34-32-29-26-23-20-17-14-11-8-5-2/h7-12,16-21,25-30,33-35,37-38,40-42,46,49,55,58,74H,4-6,13-15,22-24,31-32,36,39,43-45,47-48,50-54,56-57,59-73H2,1-3H3/b10-7-,11-8-,12-9-,19-16-,20-17-,21-18-,28-25-,29-26-,30-27-,35-33-,38-37-,41-34-,42-40-,49-46-,58-55-. The first kappa shape index (κ1) is 77.5. The van der Waals surface area contributed by atoms with Crippen LogP contribution in [-0.2, 0) is 28.6 Å². The van der Waals surface area contributed by atoms with Gasteiger partial charge in [-0.1, -0.05) is 274 Å². The second-order valence-electron chi connectivity index (χ2n) is 21.2. The Hall–Kier alpha value is -5.49. The number of hydrogen-bond donors (Lipinski definition) is 0. The van der Waals surface area contributed by atoms with E-state index in [2.05, 4.69) is 203 Å². The normalized spacial score (nSPS) is 13.3. The van der Waals surface area contributed by atoms with Crippen LogP contribution in [0.4, 0.5) is 0 Å². The van der Waals surface area contributed by atoms with Crippen LogP contribution in [-0.4, -0.2) is 37.2 Å². The number of allylic oxidation sites excluding steroid dienone is 30. The fourth-order valence-electron chi connectivity index (χ4n) is 8.52. The van der Waals surface area contributed by atoms with Crippen molar-refractivity contribution in [2.45, 2.75) is 271 Å². The molecule has 0 aliphatic carbocycles. The monoisotopic (exact) mass is 1140 g/mol. The molecule has 6 nitrogen and oxygen atoms in total. The van der Waals surface area contributed by atoms with E-state index in [1.807, 2.05) is 0 Å². The summed E-state index contributed by atoms with van der Waals surface area (Å²) in [4.78, 5) is 38.4. The molecule has 0 saturated carbocycles. The Kier molecular flexibility index (Phi) is 64.4. The maximum atomic E-state index is 12.9. The predicted molar refractivity (Wildman–Crippen MR) is 361 cm³/mol. The van der Waals surface area contributed by atoms with Crippen LogP contribution < -0.4 is 0 Å². The maximum absolute atomic E-state index is 12.9. The number of esters is 3. The number of carbonyl (C=O) groups excluding carboxylic acids is 3. The zero-order valence-electron chi connectivity index (χ0n) is 53.1. The summed E-state index contributed by atoms with van der Waals surface area (Å²) < 4.78 is 16.9. The molecule has 0 aliphatic rings. The van der Waals surface area contributed by atoms with Gasteiger partial charge in [-0.2, -0.15) is 0 Å². The number of unbranched alkanes of at least 4 members (excludes halogenated alkanes) is 17. The maximum Gasteiger partial charge on any atom is 0.306 e. The van der Waals surface area contributed by atoms with Gasteiger partial charge < -0.3 is 14.2 Å². The highest BCUT2D eigenvalue weighted by molar-refractivity contribution is 5.71. The number of ether oxygens (including phenoxy) is 3. The van der Waals surface area contributed by atoms with Crippen molar-refractivity contribution in [3.63, 3.8) is 0 Å². The molecule has 0 rings (SSSR count). The van der Waals surface area contributed by atoms with Crippen molar-refractivity contribution in [1.82, 2.24) is 0 Å². The zero-order valence-corrected chi connectivity index (χ0v) is 53.1. The molecular weight excluding hydrogens is 1020 g/mol. The SMILES string of the molecule is CC/C=C\C/C=C\C/C=C\C/C=C\C/C=C\C/C=C\C/C=C\C/C=C\CCCCC(=O)OCC(COC(=O)CCCCCCCCC/C=C\C/C=C\C/C=C\CC)OC(=O)CCCCCCCCCC/C=C\C/C=C\C/C=C\C/C=C\CC. The molecule has 0 fully saturated rings. The molecule has 0 aromatic rings. The summed E-state index contributed by atoms with van der Waals surface area (Å²) in [5.41, 5.74) is 0. The Morgan fingerprint density at radius 2 is 0.434 bits per heavy atom. The van der Waals surface area contributed by atoms with Gasteiger partial charge in [0.1, 0.15) is 13.2 Å². The first-order valence-electron chi connectivity index (χ1n) is 33.3. The Labute approximate surface area is 510 Å². The number of hydrogen-bond acceptors (Lipinski definition) is 6. The van der Waals surface area contributed by atoms with E-state index in [1.54, 1.807) is 0 Å². The van der Waals surface area contributed by atoms with Crippen LogP contribution in [0.2, 0.25) is 0 Å². The van der Waals surface area contributed by atoms with E-state index in [0.29, 0.717) is 19.3 Å². The van der Waals surface area contributed by atoms with Gasteiger partial charge >= 0.3 is 17.9 Å². The van der Waals surface area contributed by atoms with Gasteiger partial charge in [-0.15, -0.1) is 0 Å². The third kappa shape index (κ3) is 67.2. The van der Waals surface area contributed by atoms with Crippen molar-refractivity contribution >= 4 is 17.9 Å². The molecule has 0 spiro atoms. The molecule has 0 heterocycles. The summed E-state index contributed by atoms with van der Waals surface area (Å²) >= 11 is 0. The minimum absolute atomic E-state index is 0.109. The quantitative estimate of drug-likeness (QED) is 0.0261. The van der Waals surface area contributed by atoms with Crippen LogP contribution in [0.15, 0.2) is 182 Å². The average molecular weight is 1140 g/mol. The molecular formula is C77H120O6. The first-order chi connectivity index (χ1) is 41.0. The summed E-state index contributed by atoms with van der Waals surface area (Å²) in [6, 6.07) is 0. The van der Waals surface area contributed by atoms with E-state index in [0.717, 1.165) is 161 Å². The topological polar surface area (TPSA) is 78.9 Å². The van der Waals surface area contributed by atoms with Gasteiger partial charge in [0, 0.05) is 19.3 Å². The van der Waals surface area contributed by atoms with Crippen LogP contribution >= 0.6 is 0 Å². The van der Waals surface area contributed by atoms with Gasteiger partial charge in [0.25, 0.3) is 0 Å². The molecule has 0 bridgehead atoms. The molecule has 0 aromatic heterocycles. The lowest BCUT2D eigenvalue weighted by atomic mass is 10.1. The lowest BCUT2D eigenvalue weighted by Gasteiger charge is -2.18. The fraction of sp³-hybridized carbons (Fsp3) is 0.571. The van der Waals surface area contributed by atoms with E-state index < -0.39 is 6.10 Å². The van der Waals surface area contributed by atoms with Crippen molar-refractivity contribution in [3.8, 4) is 0 Å². The molecule has 6 heteroatoms. The van der Waals surface area contributed by atoms with Gasteiger partial charge in [-0.3, -0.25) is 14.4 Å². The van der Waals surface area contributed by atoms with Gasteiger partial charge in [0.05, 0.1) is 0 Å². The Morgan fingerprint density at radius 1 is 0.241 bits per heavy atom. The average Bonchev–Trinajstić information content (AvgIpc) is 3.49. The summed E-state index contributed by atoms with van der Waals surface area (Å²) in [5.74, 6) is -0.976. The second-order valence-corrected chi connectivity index (χ2v) is 21.2. The van der Waals surface area contributed by atoms with Gasteiger partial charge in [-0.25, -0.2) is 0 Å². The van der Waals surface area contributed by atoms with Crippen LogP contribution in [0, 0.1) is 0 Å². The molecule has 0 aliphatic heterocycles. The smallest absolute Gasteiger partial charge is 0.306 e. The van der Waals surface area contributed by atoms with E-state index >= 15 is 0 Å². The van der Waals surface area contributed by atoms with Crippen molar-refractivity contribution in [1.29, 1.82) is 0 Å². The second kappa shape index (κ2) is 69.0. The van der Waals surface area contributed by atoms with Gasteiger partial charge in [0.15, 0.2) is 6.10 Å². The molecule has 0 aromatic carbocycles. The van der Waals surface area contributed by atoms with Crippen molar-refractivity contribution in [3.05, 3.63) is 182 Å². The van der Waals surface area contributed by atoms with Crippen LogP contribution in [0.5, 0.6) is 0 Å².